The Bertz CT molecular complexity index is 315. The summed E-state index contributed by atoms with van der Waals surface area (Å²) in [5.74, 6) is 1.82. The first-order valence-electron chi connectivity index (χ1n) is 4.95. The van der Waals surface area contributed by atoms with Gasteiger partial charge in [-0.1, -0.05) is 0 Å². The van der Waals surface area contributed by atoms with Crippen LogP contribution in [0.1, 0.15) is 5.82 Å². The van der Waals surface area contributed by atoms with Crippen LogP contribution in [0.25, 0.3) is 0 Å². The molecule has 16 heavy (non-hydrogen) atoms. The number of nitrogens with zero attached hydrogens (tertiary/aromatic N) is 5. The maximum Gasteiger partial charge on any atom is 0.229 e. The van der Waals surface area contributed by atoms with Crippen molar-refractivity contribution in [1.82, 2.24) is 20.3 Å². The fraction of sp³-hybridized carbons (Fsp3) is 0.667. The van der Waals surface area contributed by atoms with E-state index in [9.17, 15) is 0 Å². The minimum absolute atomic E-state index is 0.0969. The lowest BCUT2D eigenvalue weighted by Gasteiger charge is -2.16. The number of hydrogen-bond donors (Lipinski definition) is 2. The zero-order chi connectivity index (χ0) is 12.1. The van der Waals surface area contributed by atoms with Crippen molar-refractivity contribution in [2.24, 2.45) is 0 Å². The molecule has 7 nitrogen and oxygen atoms in total. The molecule has 1 heterocycles. The molecule has 1 aromatic rings. The SMILES string of the molecule is CN(C)c1nc(CNCO)nc(N(C)C)n1. The molecule has 0 aliphatic rings. The van der Waals surface area contributed by atoms with E-state index >= 15 is 0 Å². The molecule has 0 saturated heterocycles. The average Bonchev–Trinajstić information content (AvgIpc) is 2.25. The first kappa shape index (κ1) is 12.6. The third-order valence-corrected chi connectivity index (χ3v) is 1.85. The Morgan fingerprint density at radius 1 is 1.00 bits per heavy atom. The normalized spacial score (nSPS) is 10.3. The molecular weight excluding hydrogens is 208 g/mol. The molecule has 0 bridgehead atoms. The van der Waals surface area contributed by atoms with Crippen molar-refractivity contribution in [3.63, 3.8) is 0 Å². The standard InChI is InChI=1S/C9H18N6O/c1-14(2)8-11-7(5-10-6-16)12-9(13-8)15(3)4/h10,16H,5-6H2,1-4H3. The number of rotatable bonds is 5. The van der Waals surface area contributed by atoms with E-state index in [2.05, 4.69) is 20.3 Å². The highest BCUT2D eigenvalue weighted by molar-refractivity contribution is 5.36. The monoisotopic (exact) mass is 226 g/mol. The van der Waals surface area contributed by atoms with Crippen LogP contribution in [0.4, 0.5) is 11.9 Å². The second kappa shape index (κ2) is 5.57. The van der Waals surface area contributed by atoms with Crippen molar-refractivity contribution in [2.45, 2.75) is 6.54 Å². The van der Waals surface area contributed by atoms with E-state index in [-0.39, 0.29) is 6.73 Å². The minimum Gasteiger partial charge on any atom is -0.381 e. The van der Waals surface area contributed by atoms with Crippen molar-refractivity contribution in [2.75, 3.05) is 44.7 Å². The van der Waals surface area contributed by atoms with Crippen LogP contribution in [-0.4, -0.2) is 55.0 Å². The Morgan fingerprint density at radius 2 is 1.50 bits per heavy atom. The molecule has 0 aromatic carbocycles. The van der Waals surface area contributed by atoms with Crippen molar-refractivity contribution >= 4 is 11.9 Å². The van der Waals surface area contributed by atoms with Gasteiger partial charge in [-0.05, 0) is 0 Å². The summed E-state index contributed by atoms with van der Waals surface area (Å²) in [6.07, 6.45) is 0. The van der Waals surface area contributed by atoms with Gasteiger partial charge in [0, 0.05) is 28.2 Å². The van der Waals surface area contributed by atoms with E-state index in [0.717, 1.165) is 0 Å². The maximum atomic E-state index is 8.68. The molecule has 2 N–H and O–H groups in total. The summed E-state index contributed by atoms with van der Waals surface area (Å²) in [6, 6.07) is 0. The molecular formula is C9H18N6O. The summed E-state index contributed by atoms with van der Waals surface area (Å²) in [4.78, 5) is 16.4. The topological polar surface area (TPSA) is 77.4 Å². The van der Waals surface area contributed by atoms with Crippen LogP contribution >= 0.6 is 0 Å². The Kier molecular flexibility index (Phi) is 4.39. The number of aliphatic hydroxyl groups is 1. The fourth-order valence-electron chi connectivity index (χ4n) is 1.04. The highest BCUT2D eigenvalue weighted by Crippen LogP contribution is 2.09. The summed E-state index contributed by atoms with van der Waals surface area (Å²) < 4.78 is 0. The van der Waals surface area contributed by atoms with E-state index in [1.807, 2.05) is 38.0 Å². The number of aromatic nitrogens is 3. The van der Waals surface area contributed by atoms with Crippen LogP contribution < -0.4 is 15.1 Å². The molecule has 1 aromatic heterocycles. The van der Waals surface area contributed by atoms with Gasteiger partial charge in [-0.3, -0.25) is 5.32 Å². The van der Waals surface area contributed by atoms with Crippen molar-refractivity contribution in [1.29, 1.82) is 0 Å². The molecule has 0 fully saturated rings. The second-order valence-electron chi connectivity index (χ2n) is 3.73. The molecule has 0 aliphatic carbocycles. The van der Waals surface area contributed by atoms with Gasteiger partial charge in [0.15, 0.2) is 0 Å². The first-order valence-corrected chi connectivity index (χ1v) is 4.95. The lowest BCUT2D eigenvalue weighted by molar-refractivity contribution is 0.258. The molecule has 0 saturated carbocycles. The van der Waals surface area contributed by atoms with E-state index in [1.54, 1.807) is 0 Å². The Hall–Kier alpha value is -1.47. The Morgan fingerprint density at radius 3 is 1.88 bits per heavy atom. The summed E-state index contributed by atoms with van der Waals surface area (Å²) in [6.45, 7) is 0.320. The molecule has 90 valence electrons. The molecule has 0 unspecified atom stereocenters. The fourth-order valence-corrected chi connectivity index (χ4v) is 1.04. The number of hydrogen-bond acceptors (Lipinski definition) is 7. The van der Waals surface area contributed by atoms with Gasteiger partial charge in [-0.15, -0.1) is 0 Å². The van der Waals surface area contributed by atoms with Crippen molar-refractivity contribution < 1.29 is 5.11 Å². The highest BCUT2D eigenvalue weighted by Gasteiger charge is 2.08. The molecule has 0 amide bonds. The van der Waals surface area contributed by atoms with Crippen LogP contribution in [0.3, 0.4) is 0 Å². The predicted molar refractivity (Wildman–Crippen MR) is 62.4 cm³/mol. The molecule has 1 rings (SSSR count). The molecule has 0 aliphatic heterocycles. The third kappa shape index (κ3) is 3.28. The summed E-state index contributed by atoms with van der Waals surface area (Å²) in [5, 5.41) is 11.4. The quantitative estimate of drug-likeness (QED) is 0.626. The van der Waals surface area contributed by atoms with Gasteiger partial charge in [0.1, 0.15) is 5.82 Å². The van der Waals surface area contributed by atoms with Gasteiger partial charge >= 0.3 is 0 Å². The summed E-state index contributed by atoms with van der Waals surface area (Å²) in [7, 11) is 7.49. The zero-order valence-corrected chi connectivity index (χ0v) is 10.1. The lowest BCUT2D eigenvalue weighted by atomic mass is 10.5. The molecule has 0 spiro atoms. The van der Waals surface area contributed by atoms with Crippen molar-refractivity contribution in [3.8, 4) is 0 Å². The highest BCUT2D eigenvalue weighted by atomic mass is 16.3. The van der Waals surface area contributed by atoms with Gasteiger partial charge in [0.25, 0.3) is 0 Å². The van der Waals surface area contributed by atoms with E-state index < -0.39 is 0 Å². The Labute approximate surface area is 95.1 Å². The third-order valence-electron chi connectivity index (χ3n) is 1.85. The summed E-state index contributed by atoms with van der Waals surface area (Å²) >= 11 is 0. The van der Waals surface area contributed by atoms with Gasteiger partial charge in [0.2, 0.25) is 11.9 Å². The van der Waals surface area contributed by atoms with E-state index in [4.69, 9.17) is 5.11 Å². The van der Waals surface area contributed by atoms with Gasteiger partial charge in [-0.25, -0.2) is 0 Å². The van der Waals surface area contributed by atoms with Gasteiger partial charge in [0.05, 0.1) is 13.3 Å². The van der Waals surface area contributed by atoms with Crippen LogP contribution in [0.15, 0.2) is 0 Å². The smallest absolute Gasteiger partial charge is 0.229 e. The second-order valence-corrected chi connectivity index (χ2v) is 3.73. The average molecular weight is 226 g/mol. The van der Waals surface area contributed by atoms with E-state index in [1.165, 1.54) is 0 Å². The predicted octanol–water partition coefficient (Wildman–Crippen LogP) is -0.957. The van der Waals surface area contributed by atoms with Gasteiger partial charge in [-0.2, -0.15) is 15.0 Å². The first-order chi connectivity index (χ1) is 7.54. The summed E-state index contributed by atoms with van der Waals surface area (Å²) in [5.41, 5.74) is 0. The number of nitrogens with one attached hydrogen (secondary N) is 1. The van der Waals surface area contributed by atoms with E-state index in [0.29, 0.717) is 24.3 Å². The largest absolute Gasteiger partial charge is 0.381 e. The molecule has 7 heteroatoms. The molecule has 0 atom stereocenters. The zero-order valence-electron chi connectivity index (χ0n) is 10.1. The maximum absolute atomic E-state index is 8.68. The van der Waals surface area contributed by atoms with Crippen LogP contribution in [-0.2, 0) is 6.54 Å². The minimum atomic E-state index is -0.0969. The van der Waals surface area contributed by atoms with Gasteiger partial charge < -0.3 is 14.9 Å². The van der Waals surface area contributed by atoms with Crippen LogP contribution in [0, 0.1) is 0 Å². The van der Waals surface area contributed by atoms with Crippen LogP contribution in [0.2, 0.25) is 0 Å². The molecule has 0 radical (unpaired) electrons. The number of aliphatic hydroxyl groups excluding tert-OH is 1. The lowest BCUT2D eigenvalue weighted by Crippen LogP contribution is -2.22. The van der Waals surface area contributed by atoms with Crippen LogP contribution in [0.5, 0.6) is 0 Å². The van der Waals surface area contributed by atoms with Crippen molar-refractivity contribution in [3.05, 3.63) is 5.82 Å². The number of anilines is 2. The Balaban J connectivity index is 2.99.